The molecule has 0 fully saturated rings. The first-order chi connectivity index (χ1) is 13.7. The third-order valence-corrected chi connectivity index (χ3v) is 5.66. The summed E-state index contributed by atoms with van der Waals surface area (Å²) in [5, 5.41) is 10.9. The molecule has 0 amide bonds. The molecular weight excluding hydrogens is 414 g/mol. The van der Waals surface area contributed by atoms with Crippen LogP contribution in [-0.2, 0) is 16.9 Å². The Morgan fingerprint density at radius 3 is 2.62 bits per heavy atom. The molecule has 2 heterocycles. The van der Waals surface area contributed by atoms with Crippen LogP contribution in [0.25, 0.3) is 0 Å². The lowest BCUT2D eigenvalue weighted by Crippen LogP contribution is -2.42. The van der Waals surface area contributed by atoms with Gasteiger partial charge in [0.25, 0.3) is 0 Å². The van der Waals surface area contributed by atoms with Crippen LogP contribution < -0.4 is 10.6 Å². The molecule has 0 saturated carbocycles. The van der Waals surface area contributed by atoms with Gasteiger partial charge in [-0.05, 0) is 19.4 Å². The van der Waals surface area contributed by atoms with Crippen molar-refractivity contribution in [1.82, 2.24) is 24.6 Å². The Morgan fingerprint density at radius 1 is 1.28 bits per heavy atom. The van der Waals surface area contributed by atoms with E-state index in [0.29, 0.717) is 29.9 Å². The van der Waals surface area contributed by atoms with Crippen molar-refractivity contribution >= 4 is 38.9 Å². The fraction of sp³-hybridized carbons (Fsp3) is 0.611. The van der Waals surface area contributed by atoms with Crippen molar-refractivity contribution in [3.63, 3.8) is 0 Å². The van der Waals surface area contributed by atoms with Gasteiger partial charge < -0.3 is 10.6 Å². The second kappa shape index (κ2) is 10.7. The summed E-state index contributed by atoms with van der Waals surface area (Å²) in [7, 11) is -1.17. The van der Waals surface area contributed by atoms with E-state index in [1.54, 1.807) is 17.1 Å². The first-order valence-electron chi connectivity index (χ1n) is 9.65. The summed E-state index contributed by atoms with van der Waals surface area (Å²) in [5.74, 6) is 1.10. The van der Waals surface area contributed by atoms with Gasteiger partial charge in [0.2, 0.25) is 5.95 Å². The Bertz CT molecular complexity index is 888. The Hall–Kier alpha value is -1.91. The van der Waals surface area contributed by atoms with Crippen LogP contribution in [0.15, 0.2) is 18.6 Å². The van der Waals surface area contributed by atoms with E-state index in [9.17, 15) is 8.42 Å². The summed E-state index contributed by atoms with van der Waals surface area (Å²) in [5.41, 5.74) is 0.780. The molecule has 1 unspecified atom stereocenters. The first kappa shape index (κ1) is 23.4. The SMILES string of the molecule is CCCN(CCS(C)(=O)=O)C(CC)CNc1nc(Nc2cnn(C)c2)ncc1Cl. The lowest BCUT2D eigenvalue weighted by atomic mass is 10.1. The fourth-order valence-electron chi connectivity index (χ4n) is 2.96. The van der Waals surface area contributed by atoms with Crippen LogP contribution in [0, 0.1) is 0 Å². The number of rotatable bonds is 12. The van der Waals surface area contributed by atoms with Gasteiger partial charge in [-0.2, -0.15) is 10.1 Å². The first-order valence-corrected chi connectivity index (χ1v) is 12.1. The van der Waals surface area contributed by atoms with Gasteiger partial charge in [0.05, 0.1) is 23.8 Å². The van der Waals surface area contributed by atoms with Crippen LogP contribution in [0.4, 0.5) is 17.5 Å². The minimum atomic E-state index is -3.01. The van der Waals surface area contributed by atoms with Crippen molar-refractivity contribution in [2.24, 2.45) is 7.05 Å². The maximum absolute atomic E-state index is 11.6. The highest BCUT2D eigenvalue weighted by molar-refractivity contribution is 7.90. The summed E-state index contributed by atoms with van der Waals surface area (Å²) in [6.45, 7) is 6.13. The van der Waals surface area contributed by atoms with Crippen LogP contribution in [0.5, 0.6) is 0 Å². The second-order valence-corrected chi connectivity index (χ2v) is 9.69. The summed E-state index contributed by atoms with van der Waals surface area (Å²) in [4.78, 5) is 10.9. The largest absolute Gasteiger partial charge is 0.367 e. The van der Waals surface area contributed by atoms with E-state index in [1.807, 2.05) is 13.2 Å². The molecule has 0 bridgehead atoms. The number of aryl methyl sites for hydroxylation is 1. The standard InChI is InChI=1S/C18H30ClN7O2S/c1-5-7-26(8-9-29(4,27)28)15(6-2)11-20-17-16(19)12-21-18(24-17)23-14-10-22-25(3)13-14/h10,12-13,15H,5-9,11H2,1-4H3,(H2,20,21,23,24). The van der Waals surface area contributed by atoms with Gasteiger partial charge in [-0.25, -0.2) is 13.4 Å². The molecule has 0 aliphatic heterocycles. The van der Waals surface area contributed by atoms with Gasteiger partial charge in [-0.15, -0.1) is 0 Å². The minimum absolute atomic E-state index is 0.150. The monoisotopic (exact) mass is 443 g/mol. The van der Waals surface area contributed by atoms with E-state index in [4.69, 9.17) is 11.6 Å². The van der Waals surface area contributed by atoms with Crippen LogP contribution in [0.1, 0.15) is 26.7 Å². The second-order valence-electron chi connectivity index (χ2n) is 7.03. The van der Waals surface area contributed by atoms with Crippen LogP contribution >= 0.6 is 11.6 Å². The molecule has 1 atom stereocenters. The predicted octanol–water partition coefficient (Wildman–Crippen LogP) is 2.55. The van der Waals surface area contributed by atoms with Gasteiger partial charge in [0.1, 0.15) is 14.9 Å². The third-order valence-electron chi connectivity index (χ3n) is 4.46. The number of halogens is 1. The Kier molecular flexibility index (Phi) is 8.66. The Labute approximate surface area is 177 Å². The fourth-order valence-corrected chi connectivity index (χ4v) is 3.68. The zero-order valence-electron chi connectivity index (χ0n) is 17.4. The molecular formula is C18H30ClN7O2S. The zero-order valence-corrected chi connectivity index (χ0v) is 19.0. The van der Waals surface area contributed by atoms with Crippen molar-refractivity contribution in [1.29, 1.82) is 0 Å². The number of nitrogens with zero attached hydrogens (tertiary/aromatic N) is 5. The van der Waals surface area contributed by atoms with Gasteiger partial charge in [0, 0.05) is 38.6 Å². The molecule has 0 radical (unpaired) electrons. The van der Waals surface area contributed by atoms with Crippen LogP contribution in [0.2, 0.25) is 5.02 Å². The number of aromatic nitrogens is 4. The molecule has 2 rings (SSSR count). The molecule has 0 spiro atoms. The molecule has 0 aromatic carbocycles. The molecule has 162 valence electrons. The number of hydrogen-bond acceptors (Lipinski definition) is 8. The van der Waals surface area contributed by atoms with E-state index < -0.39 is 9.84 Å². The molecule has 29 heavy (non-hydrogen) atoms. The summed E-state index contributed by atoms with van der Waals surface area (Å²) >= 11 is 6.27. The maximum atomic E-state index is 11.6. The van der Waals surface area contributed by atoms with Crippen molar-refractivity contribution in [2.45, 2.75) is 32.7 Å². The molecule has 2 aromatic rings. The number of anilines is 3. The van der Waals surface area contributed by atoms with Crippen molar-refractivity contribution in [3.05, 3.63) is 23.6 Å². The van der Waals surface area contributed by atoms with E-state index in [-0.39, 0.29) is 11.8 Å². The third kappa shape index (κ3) is 7.79. The van der Waals surface area contributed by atoms with Crippen molar-refractivity contribution in [2.75, 3.05) is 42.3 Å². The molecule has 9 nitrogen and oxygen atoms in total. The van der Waals surface area contributed by atoms with Crippen LogP contribution in [0.3, 0.4) is 0 Å². The Balaban J connectivity index is 2.05. The summed E-state index contributed by atoms with van der Waals surface area (Å²) in [6.07, 6.45) is 8.15. The van der Waals surface area contributed by atoms with E-state index in [1.165, 1.54) is 6.26 Å². The normalized spacial score (nSPS) is 12.9. The minimum Gasteiger partial charge on any atom is -0.367 e. The topological polar surface area (TPSA) is 105 Å². The maximum Gasteiger partial charge on any atom is 0.229 e. The van der Waals surface area contributed by atoms with E-state index in [2.05, 4.69) is 44.4 Å². The zero-order chi connectivity index (χ0) is 21.4. The lowest BCUT2D eigenvalue weighted by Gasteiger charge is -2.31. The molecule has 0 aliphatic carbocycles. The Morgan fingerprint density at radius 2 is 2.03 bits per heavy atom. The van der Waals surface area contributed by atoms with Crippen molar-refractivity contribution in [3.8, 4) is 0 Å². The highest BCUT2D eigenvalue weighted by Crippen LogP contribution is 2.21. The highest BCUT2D eigenvalue weighted by atomic mass is 35.5. The molecule has 2 N–H and O–H groups in total. The van der Waals surface area contributed by atoms with Gasteiger partial charge in [-0.1, -0.05) is 25.4 Å². The van der Waals surface area contributed by atoms with Gasteiger partial charge in [0.15, 0.2) is 5.82 Å². The van der Waals surface area contributed by atoms with Gasteiger partial charge >= 0.3 is 0 Å². The van der Waals surface area contributed by atoms with E-state index >= 15 is 0 Å². The molecule has 2 aromatic heterocycles. The highest BCUT2D eigenvalue weighted by Gasteiger charge is 2.18. The molecule has 11 heteroatoms. The van der Waals surface area contributed by atoms with Crippen LogP contribution in [-0.4, -0.2) is 70.8 Å². The lowest BCUT2D eigenvalue weighted by molar-refractivity contribution is 0.210. The summed E-state index contributed by atoms with van der Waals surface area (Å²) in [6, 6.07) is 0.164. The van der Waals surface area contributed by atoms with E-state index in [0.717, 1.165) is 25.1 Å². The number of hydrogen-bond donors (Lipinski definition) is 2. The number of sulfone groups is 1. The average molecular weight is 444 g/mol. The average Bonchev–Trinajstić information content (AvgIpc) is 3.06. The molecule has 0 aliphatic rings. The predicted molar refractivity (Wildman–Crippen MR) is 118 cm³/mol. The van der Waals surface area contributed by atoms with Gasteiger partial charge in [-0.3, -0.25) is 9.58 Å². The smallest absolute Gasteiger partial charge is 0.229 e. The van der Waals surface area contributed by atoms with Crippen molar-refractivity contribution < 1.29 is 8.42 Å². The number of nitrogens with one attached hydrogen (secondary N) is 2. The molecule has 0 saturated heterocycles. The summed E-state index contributed by atoms with van der Waals surface area (Å²) < 4.78 is 24.8. The quantitative estimate of drug-likeness (QED) is 0.515.